The van der Waals surface area contributed by atoms with Crippen LogP contribution in [0.15, 0.2) is 24.3 Å². The molecule has 0 aliphatic heterocycles. The van der Waals surface area contributed by atoms with Crippen molar-refractivity contribution >= 4 is 5.97 Å². The van der Waals surface area contributed by atoms with Crippen LogP contribution in [-0.2, 0) is 4.79 Å². The molecule has 1 atom stereocenters. The van der Waals surface area contributed by atoms with Crippen LogP contribution in [0.4, 0.5) is 0 Å². The Morgan fingerprint density at radius 3 is 2.63 bits per heavy atom. The van der Waals surface area contributed by atoms with Crippen molar-refractivity contribution in [2.45, 2.75) is 70.6 Å². The number of rotatable bonds is 10. The quantitative estimate of drug-likeness (QED) is 0.440. The van der Waals surface area contributed by atoms with Crippen LogP contribution in [0, 0.1) is 5.92 Å². The number of unbranched alkanes of at least 4 members (excludes halogenated alkanes) is 5. The van der Waals surface area contributed by atoms with Crippen LogP contribution in [0.2, 0.25) is 0 Å². The maximum absolute atomic E-state index is 11.4. The highest BCUT2D eigenvalue weighted by Crippen LogP contribution is 2.28. The van der Waals surface area contributed by atoms with E-state index in [0.29, 0.717) is 0 Å². The van der Waals surface area contributed by atoms with Gasteiger partial charge in [0.15, 0.2) is 0 Å². The minimum atomic E-state index is -0.625. The first-order valence-corrected chi connectivity index (χ1v) is 7.78. The molecule has 0 aromatic heterocycles. The highest BCUT2D eigenvalue weighted by molar-refractivity contribution is 5.73. The van der Waals surface area contributed by atoms with Crippen molar-refractivity contribution in [1.29, 1.82) is 0 Å². The summed E-state index contributed by atoms with van der Waals surface area (Å²) in [5.74, 6) is -0.840. The molecular formula is C17H28O2. The summed E-state index contributed by atoms with van der Waals surface area (Å²) in [6.45, 7) is 3.72. The van der Waals surface area contributed by atoms with Crippen LogP contribution >= 0.6 is 0 Å². The monoisotopic (exact) mass is 264 g/mol. The molecule has 0 aromatic carbocycles. The van der Waals surface area contributed by atoms with Gasteiger partial charge in [-0.15, -0.1) is 6.58 Å². The fourth-order valence-electron chi connectivity index (χ4n) is 2.81. The second-order valence-corrected chi connectivity index (χ2v) is 5.55. The van der Waals surface area contributed by atoms with Crippen LogP contribution in [0.1, 0.15) is 70.6 Å². The van der Waals surface area contributed by atoms with Gasteiger partial charge in [0.1, 0.15) is 0 Å². The third-order valence-electron chi connectivity index (χ3n) is 3.97. The van der Waals surface area contributed by atoms with Gasteiger partial charge in [0.25, 0.3) is 0 Å². The summed E-state index contributed by atoms with van der Waals surface area (Å²) in [7, 11) is 0. The summed E-state index contributed by atoms with van der Waals surface area (Å²) in [6.07, 6.45) is 16.4. The van der Waals surface area contributed by atoms with Crippen molar-refractivity contribution in [3.63, 3.8) is 0 Å². The molecule has 0 bridgehead atoms. The fourth-order valence-corrected chi connectivity index (χ4v) is 2.81. The van der Waals surface area contributed by atoms with Gasteiger partial charge in [-0.25, -0.2) is 0 Å². The largest absolute Gasteiger partial charge is 0.481 e. The summed E-state index contributed by atoms with van der Waals surface area (Å²) < 4.78 is 0. The summed E-state index contributed by atoms with van der Waals surface area (Å²) in [5.41, 5.74) is 1.19. The molecule has 2 nitrogen and oxygen atoms in total. The van der Waals surface area contributed by atoms with Crippen LogP contribution in [0.3, 0.4) is 0 Å². The lowest BCUT2D eigenvalue weighted by Gasteiger charge is -2.19. The van der Waals surface area contributed by atoms with E-state index in [2.05, 4.69) is 12.7 Å². The van der Waals surface area contributed by atoms with E-state index in [-0.39, 0.29) is 5.92 Å². The minimum Gasteiger partial charge on any atom is -0.481 e. The number of carbonyl (C=O) groups is 1. The van der Waals surface area contributed by atoms with Gasteiger partial charge in [-0.1, -0.05) is 43.4 Å². The highest BCUT2D eigenvalue weighted by atomic mass is 16.4. The van der Waals surface area contributed by atoms with Crippen molar-refractivity contribution in [1.82, 2.24) is 0 Å². The SMILES string of the molecule is C=CCCCCCCCC(C(=O)O)C1=CCCCC1. The standard InChI is InChI=1S/C17H28O2/c1-2-3-4-5-6-7-11-14-16(17(18)19)15-12-9-8-10-13-15/h2,12,16H,1,3-11,13-14H2,(H,18,19). The van der Waals surface area contributed by atoms with Crippen molar-refractivity contribution in [3.8, 4) is 0 Å². The second-order valence-electron chi connectivity index (χ2n) is 5.55. The summed E-state index contributed by atoms with van der Waals surface area (Å²) in [4.78, 5) is 11.4. The lowest BCUT2D eigenvalue weighted by Crippen LogP contribution is -2.17. The molecule has 0 fully saturated rings. The van der Waals surface area contributed by atoms with E-state index in [4.69, 9.17) is 0 Å². The van der Waals surface area contributed by atoms with Crippen molar-refractivity contribution < 1.29 is 9.90 Å². The molecule has 1 N–H and O–H groups in total. The van der Waals surface area contributed by atoms with Crippen LogP contribution in [-0.4, -0.2) is 11.1 Å². The zero-order valence-electron chi connectivity index (χ0n) is 12.1. The van der Waals surface area contributed by atoms with Gasteiger partial charge in [-0.2, -0.15) is 0 Å². The van der Waals surface area contributed by atoms with Crippen LogP contribution in [0.5, 0.6) is 0 Å². The molecule has 0 amide bonds. The molecule has 1 aliphatic rings. The van der Waals surface area contributed by atoms with Crippen LogP contribution in [0.25, 0.3) is 0 Å². The molecule has 108 valence electrons. The Kier molecular flexibility index (Phi) is 8.28. The highest BCUT2D eigenvalue weighted by Gasteiger charge is 2.22. The van der Waals surface area contributed by atoms with Gasteiger partial charge in [-0.05, 0) is 44.9 Å². The smallest absolute Gasteiger partial charge is 0.310 e. The van der Waals surface area contributed by atoms with Gasteiger partial charge in [0.2, 0.25) is 0 Å². The molecule has 0 saturated carbocycles. The van der Waals surface area contributed by atoms with Gasteiger partial charge < -0.3 is 5.11 Å². The molecule has 0 heterocycles. The van der Waals surface area contributed by atoms with E-state index in [1.54, 1.807) is 0 Å². The predicted octanol–water partition coefficient (Wildman–Crippen LogP) is 5.10. The molecule has 1 aliphatic carbocycles. The molecule has 0 aromatic rings. The first-order chi connectivity index (χ1) is 9.25. The van der Waals surface area contributed by atoms with E-state index in [1.807, 2.05) is 6.08 Å². The van der Waals surface area contributed by atoms with Gasteiger partial charge in [0, 0.05) is 0 Å². The van der Waals surface area contributed by atoms with Gasteiger partial charge in [0.05, 0.1) is 5.92 Å². The third-order valence-corrected chi connectivity index (χ3v) is 3.97. The number of hydrogen-bond acceptors (Lipinski definition) is 1. The van der Waals surface area contributed by atoms with Crippen LogP contribution < -0.4 is 0 Å². The summed E-state index contributed by atoms with van der Waals surface area (Å²) >= 11 is 0. The lowest BCUT2D eigenvalue weighted by atomic mass is 9.86. The predicted molar refractivity (Wildman–Crippen MR) is 80.2 cm³/mol. The number of aliphatic carboxylic acids is 1. The number of carboxylic acid groups (broad SMARTS) is 1. The molecule has 1 unspecified atom stereocenters. The second kappa shape index (κ2) is 9.82. The Balaban J connectivity index is 2.21. The number of allylic oxidation sites excluding steroid dienone is 2. The fraction of sp³-hybridized carbons (Fsp3) is 0.706. The Labute approximate surface area is 117 Å². The Morgan fingerprint density at radius 2 is 2.00 bits per heavy atom. The Morgan fingerprint density at radius 1 is 1.26 bits per heavy atom. The molecule has 0 saturated heterocycles. The first-order valence-electron chi connectivity index (χ1n) is 7.78. The first kappa shape index (κ1) is 16.0. The maximum atomic E-state index is 11.4. The summed E-state index contributed by atoms with van der Waals surface area (Å²) in [6, 6.07) is 0. The average molecular weight is 264 g/mol. The normalized spacial score (nSPS) is 16.7. The van der Waals surface area contributed by atoms with E-state index in [0.717, 1.165) is 44.9 Å². The molecule has 2 heteroatoms. The topological polar surface area (TPSA) is 37.3 Å². The zero-order chi connectivity index (χ0) is 13.9. The van der Waals surface area contributed by atoms with Crippen molar-refractivity contribution in [2.75, 3.05) is 0 Å². The van der Waals surface area contributed by atoms with Crippen molar-refractivity contribution in [2.24, 2.45) is 5.92 Å². The van der Waals surface area contributed by atoms with E-state index in [1.165, 1.54) is 31.3 Å². The maximum Gasteiger partial charge on any atom is 0.310 e. The number of carboxylic acids is 1. The van der Waals surface area contributed by atoms with E-state index < -0.39 is 5.97 Å². The van der Waals surface area contributed by atoms with Gasteiger partial charge >= 0.3 is 5.97 Å². The van der Waals surface area contributed by atoms with Gasteiger partial charge in [-0.3, -0.25) is 4.79 Å². The Hall–Kier alpha value is -1.05. The summed E-state index contributed by atoms with van der Waals surface area (Å²) in [5, 5.41) is 9.35. The molecule has 0 spiro atoms. The zero-order valence-corrected chi connectivity index (χ0v) is 12.1. The molecular weight excluding hydrogens is 236 g/mol. The van der Waals surface area contributed by atoms with Crippen molar-refractivity contribution in [3.05, 3.63) is 24.3 Å². The Bertz CT molecular complexity index is 304. The minimum absolute atomic E-state index is 0.214. The van der Waals surface area contributed by atoms with E-state index in [9.17, 15) is 9.90 Å². The number of hydrogen-bond donors (Lipinski definition) is 1. The third kappa shape index (κ3) is 6.60. The molecule has 0 radical (unpaired) electrons. The lowest BCUT2D eigenvalue weighted by molar-refractivity contribution is -0.140. The molecule has 1 rings (SSSR count). The molecule has 19 heavy (non-hydrogen) atoms. The average Bonchev–Trinajstić information content (AvgIpc) is 2.42. The van der Waals surface area contributed by atoms with E-state index >= 15 is 0 Å².